The maximum absolute atomic E-state index is 13.2. The van der Waals surface area contributed by atoms with E-state index in [9.17, 15) is 19.2 Å². The van der Waals surface area contributed by atoms with E-state index in [2.05, 4.69) is 5.32 Å². The van der Waals surface area contributed by atoms with E-state index in [0.717, 1.165) is 4.90 Å². The molecule has 1 aromatic rings. The Balaban J connectivity index is 1.41. The SMILES string of the molecule is CCOC(=O)C1CCN(C(=O)CN2C(=O)NC(C)(c3ccc4c(c3)OCCO4)C2=O)CC1. The van der Waals surface area contributed by atoms with Crippen molar-refractivity contribution >= 4 is 23.8 Å². The minimum atomic E-state index is -1.32. The van der Waals surface area contributed by atoms with Crippen molar-refractivity contribution in [3.05, 3.63) is 23.8 Å². The average Bonchev–Trinajstić information content (AvgIpc) is 3.02. The third-order valence-corrected chi connectivity index (χ3v) is 6.16. The predicted molar refractivity (Wildman–Crippen MR) is 111 cm³/mol. The van der Waals surface area contributed by atoms with Crippen LogP contribution in [0.4, 0.5) is 4.79 Å². The summed E-state index contributed by atoms with van der Waals surface area (Å²) >= 11 is 0. The lowest BCUT2D eigenvalue weighted by Gasteiger charge is -2.31. The number of amides is 4. The monoisotopic (exact) mass is 445 g/mol. The van der Waals surface area contributed by atoms with Crippen LogP contribution in [0, 0.1) is 5.92 Å². The van der Waals surface area contributed by atoms with E-state index in [4.69, 9.17) is 14.2 Å². The predicted octanol–water partition coefficient (Wildman–Crippen LogP) is 1.03. The van der Waals surface area contributed by atoms with Crippen molar-refractivity contribution in [1.82, 2.24) is 15.1 Å². The molecule has 4 rings (SSSR count). The van der Waals surface area contributed by atoms with Gasteiger partial charge in [0.05, 0.1) is 12.5 Å². The fraction of sp³-hybridized carbons (Fsp3) is 0.545. The molecule has 1 unspecified atom stereocenters. The first-order valence-corrected chi connectivity index (χ1v) is 10.8. The van der Waals surface area contributed by atoms with Gasteiger partial charge in [-0.05, 0) is 44.4 Å². The number of nitrogens with zero attached hydrogens (tertiary/aromatic N) is 2. The third-order valence-electron chi connectivity index (χ3n) is 6.16. The van der Waals surface area contributed by atoms with Gasteiger partial charge in [0.15, 0.2) is 11.5 Å². The maximum Gasteiger partial charge on any atom is 0.325 e. The lowest BCUT2D eigenvalue weighted by molar-refractivity contribution is -0.151. The zero-order chi connectivity index (χ0) is 22.9. The fourth-order valence-corrected chi connectivity index (χ4v) is 4.25. The Bertz CT molecular complexity index is 941. The minimum Gasteiger partial charge on any atom is -0.486 e. The molecule has 2 fully saturated rings. The van der Waals surface area contributed by atoms with Gasteiger partial charge in [-0.1, -0.05) is 6.07 Å². The highest BCUT2D eigenvalue weighted by Gasteiger charge is 2.50. The number of carbonyl (C=O) groups is 4. The van der Waals surface area contributed by atoms with Crippen molar-refractivity contribution in [3.63, 3.8) is 0 Å². The Morgan fingerprint density at radius 2 is 1.84 bits per heavy atom. The van der Waals surface area contributed by atoms with Crippen LogP contribution in [0.15, 0.2) is 18.2 Å². The zero-order valence-electron chi connectivity index (χ0n) is 18.2. The van der Waals surface area contributed by atoms with Gasteiger partial charge in [0.2, 0.25) is 5.91 Å². The van der Waals surface area contributed by atoms with Gasteiger partial charge in [0.1, 0.15) is 25.3 Å². The number of hydrogen-bond acceptors (Lipinski definition) is 7. The lowest BCUT2D eigenvalue weighted by Crippen LogP contribution is -2.47. The van der Waals surface area contributed by atoms with Crippen LogP contribution >= 0.6 is 0 Å². The second kappa shape index (κ2) is 8.68. The average molecular weight is 445 g/mol. The summed E-state index contributed by atoms with van der Waals surface area (Å²) in [5, 5.41) is 2.71. The molecule has 1 aromatic carbocycles. The highest BCUT2D eigenvalue weighted by molar-refractivity contribution is 6.09. The van der Waals surface area contributed by atoms with Crippen LogP contribution in [-0.2, 0) is 24.7 Å². The van der Waals surface area contributed by atoms with Gasteiger partial charge in [-0.25, -0.2) is 4.79 Å². The second-order valence-corrected chi connectivity index (χ2v) is 8.21. The molecule has 10 heteroatoms. The number of hydrogen-bond donors (Lipinski definition) is 1. The molecule has 32 heavy (non-hydrogen) atoms. The Kier molecular flexibility index (Phi) is 5.94. The lowest BCUT2D eigenvalue weighted by atomic mass is 9.91. The van der Waals surface area contributed by atoms with Crippen molar-refractivity contribution in [2.45, 2.75) is 32.2 Å². The van der Waals surface area contributed by atoms with E-state index in [0.29, 0.717) is 62.8 Å². The first kappa shape index (κ1) is 21.9. The topological polar surface area (TPSA) is 114 Å². The number of fused-ring (bicyclic) bond motifs is 1. The number of benzene rings is 1. The highest BCUT2D eigenvalue weighted by atomic mass is 16.6. The summed E-state index contributed by atoms with van der Waals surface area (Å²) in [4.78, 5) is 53.0. The van der Waals surface area contributed by atoms with Gasteiger partial charge < -0.3 is 24.4 Å². The first-order valence-electron chi connectivity index (χ1n) is 10.8. The Morgan fingerprint density at radius 3 is 2.53 bits per heavy atom. The summed E-state index contributed by atoms with van der Waals surface area (Å²) in [7, 11) is 0. The van der Waals surface area contributed by atoms with Crippen LogP contribution in [0.2, 0.25) is 0 Å². The number of imide groups is 1. The molecule has 4 amide bonds. The van der Waals surface area contributed by atoms with Crippen LogP contribution in [0.5, 0.6) is 11.5 Å². The summed E-state index contributed by atoms with van der Waals surface area (Å²) in [6.07, 6.45) is 0.999. The van der Waals surface area contributed by atoms with Gasteiger partial charge in [-0.15, -0.1) is 0 Å². The fourth-order valence-electron chi connectivity index (χ4n) is 4.25. The number of likely N-dealkylation sites (tertiary alicyclic amines) is 1. The van der Waals surface area contributed by atoms with Crippen LogP contribution in [-0.4, -0.2) is 73.1 Å². The van der Waals surface area contributed by atoms with Crippen LogP contribution in [0.3, 0.4) is 0 Å². The maximum atomic E-state index is 13.2. The summed E-state index contributed by atoms with van der Waals surface area (Å²) in [5.41, 5.74) is -0.769. The number of rotatable bonds is 5. The molecule has 3 aliphatic rings. The molecule has 172 valence electrons. The summed E-state index contributed by atoms with van der Waals surface area (Å²) in [5.74, 6) is -0.219. The second-order valence-electron chi connectivity index (χ2n) is 8.21. The van der Waals surface area contributed by atoms with E-state index < -0.39 is 17.5 Å². The van der Waals surface area contributed by atoms with E-state index in [-0.39, 0.29) is 24.3 Å². The number of urea groups is 1. The van der Waals surface area contributed by atoms with Crippen LogP contribution in [0.1, 0.15) is 32.3 Å². The van der Waals surface area contributed by atoms with Crippen molar-refractivity contribution in [2.24, 2.45) is 5.92 Å². The molecule has 0 aromatic heterocycles. The highest BCUT2D eigenvalue weighted by Crippen LogP contribution is 2.36. The molecule has 2 saturated heterocycles. The molecule has 1 N–H and O–H groups in total. The zero-order valence-corrected chi connectivity index (χ0v) is 18.2. The normalized spacial score (nSPS) is 23.2. The molecule has 0 spiro atoms. The molecule has 1 atom stereocenters. The number of piperidine rings is 1. The molecule has 0 saturated carbocycles. The van der Waals surface area contributed by atoms with E-state index in [1.165, 1.54) is 0 Å². The molecule has 3 aliphatic heterocycles. The number of ether oxygens (including phenoxy) is 3. The van der Waals surface area contributed by atoms with Crippen LogP contribution in [0.25, 0.3) is 0 Å². The van der Waals surface area contributed by atoms with E-state index in [1.54, 1.807) is 36.9 Å². The Morgan fingerprint density at radius 1 is 1.16 bits per heavy atom. The van der Waals surface area contributed by atoms with E-state index in [1.807, 2.05) is 0 Å². The molecule has 0 bridgehead atoms. The van der Waals surface area contributed by atoms with Gasteiger partial charge in [0.25, 0.3) is 5.91 Å². The van der Waals surface area contributed by atoms with Gasteiger partial charge >= 0.3 is 12.0 Å². The standard InChI is InChI=1S/C22H27N3O7/c1-3-30-19(27)14-6-8-24(9-7-14)18(26)13-25-20(28)22(2,23-21(25)29)15-4-5-16-17(12-15)32-11-10-31-16/h4-5,12,14H,3,6-11,13H2,1-2H3,(H,23,29). The van der Waals surface area contributed by atoms with Gasteiger partial charge in [-0.2, -0.15) is 0 Å². The largest absolute Gasteiger partial charge is 0.486 e. The Hall–Kier alpha value is -3.30. The van der Waals surface area contributed by atoms with E-state index >= 15 is 0 Å². The van der Waals surface area contributed by atoms with Crippen molar-refractivity contribution in [3.8, 4) is 11.5 Å². The third kappa shape index (κ3) is 3.96. The molecule has 0 radical (unpaired) electrons. The molecular weight excluding hydrogens is 418 g/mol. The van der Waals surface area contributed by atoms with Crippen LogP contribution < -0.4 is 14.8 Å². The van der Waals surface area contributed by atoms with Gasteiger partial charge in [0, 0.05) is 13.1 Å². The summed E-state index contributed by atoms with van der Waals surface area (Å²) < 4.78 is 16.1. The quantitative estimate of drug-likeness (QED) is 0.532. The minimum absolute atomic E-state index is 0.228. The molecule has 0 aliphatic carbocycles. The Labute approximate surface area is 185 Å². The number of carbonyl (C=O) groups excluding carboxylic acids is 4. The van der Waals surface area contributed by atoms with Crippen molar-refractivity contribution in [1.29, 1.82) is 0 Å². The van der Waals surface area contributed by atoms with Gasteiger partial charge in [-0.3, -0.25) is 19.3 Å². The smallest absolute Gasteiger partial charge is 0.325 e. The molecular formula is C22H27N3O7. The summed E-state index contributed by atoms with van der Waals surface area (Å²) in [6.45, 7) is 4.95. The van der Waals surface area contributed by atoms with Crippen molar-refractivity contribution in [2.75, 3.05) is 39.5 Å². The summed E-state index contributed by atoms with van der Waals surface area (Å²) in [6, 6.07) is 4.47. The number of esters is 1. The number of nitrogens with one attached hydrogen (secondary N) is 1. The molecule has 3 heterocycles. The first-order chi connectivity index (χ1) is 15.3. The molecule has 10 nitrogen and oxygen atoms in total. The van der Waals surface area contributed by atoms with Crippen molar-refractivity contribution < 1.29 is 33.4 Å².